The van der Waals surface area contributed by atoms with Crippen molar-refractivity contribution >= 4 is 28.6 Å². The highest BCUT2D eigenvalue weighted by Crippen LogP contribution is 2.28. The van der Waals surface area contributed by atoms with Crippen molar-refractivity contribution in [2.75, 3.05) is 17.7 Å². The number of hydrogen-bond donors (Lipinski definition) is 3. The van der Waals surface area contributed by atoms with Crippen molar-refractivity contribution < 1.29 is 9.53 Å². The Morgan fingerprint density at radius 2 is 2.03 bits per heavy atom. The van der Waals surface area contributed by atoms with Crippen molar-refractivity contribution in [1.29, 1.82) is 0 Å². The number of hydrogen-bond acceptors (Lipinski definition) is 7. The number of pyridine rings is 1. The Balaban J connectivity index is 1.32. The van der Waals surface area contributed by atoms with Crippen LogP contribution < -0.4 is 15.4 Å². The van der Waals surface area contributed by atoms with Crippen LogP contribution in [0.3, 0.4) is 0 Å². The molecule has 35 heavy (non-hydrogen) atoms. The lowest BCUT2D eigenvalue weighted by atomic mass is 10.1. The third-order valence-electron chi connectivity index (χ3n) is 5.61. The summed E-state index contributed by atoms with van der Waals surface area (Å²) in [4.78, 5) is 29.1. The van der Waals surface area contributed by atoms with E-state index in [2.05, 4.69) is 30.7 Å². The van der Waals surface area contributed by atoms with E-state index in [4.69, 9.17) is 9.72 Å². The SMILES string of the molecule is COc1ccc(C(=O)Nc2cccc([C@H](C)Nc3cnc4[nH]cc(-c5cnn(C)c5)c4n3)c2)cn1. The van der Waals surface area contributed by atoms with E-state index in [1.807, 2.05) is 50.6 Å². The van der Waals surface area contributed by atoms with Gasteiger partial charge in [-0.25, -0.2) is 15.0 Å². The zero-order chi connectivity index (χ0) is 24.4. The number of ether oxygens (including phenoxy) is 1. The highest BCUT2D eigenvalue weighted by atomic mass is 16.5. The molecule has 0 saturated heterocycles. The molecule has 1 atom stereocenters. The second kappa shape index (κ2) is 9.26. The molecule has 176 valence electrons. The molecule has 0 radical (unpaired) electrons. The van der Waals surface area contributed by atoms with Crippen LogP contribution in [0.2, 0.25) is 0 Å². The van der Waals surface area contributed by atoms with Crippen molar-refractivity contribution in [3.8, 4) is 17.0 Å². The van der Waals surface area contributed by atoms with Crippen LogP contribution in [0, 0.1) is 0 Å². The number of rotatable bonds is 7. The van der Waals surface area contributed by atoms with Crippen LogP contribution in [0.15, 0.2) is 67.4 Å². The molecule has 5 aromatic rings. The average molecular weight is 469 g/mol. The van der Waals surface area contributed by atoms with Gasteiger partial charge in [0.2, 0.25) is 5.88 Å². The van der Waals surface area contributed by atoms with Gasteiger partial charge in [-0.1, -0.05) is 12.1 Å². The van der Waals surface area contributed by atoms with Gasteiger partial charge in [-0.2, -0.15) is 5.10 Å². The fraction of sp³-hybridized carbons (Fsp3) is 0.160. The van der Waals surface area contributed by atoms with E-state index in [-0.39, 0.29) is 11.9 Å². The smallest absolute Gasteiger partial charge is 0.257 e. The number of fused-ring (bicyclic) bond motifs is 1. The molecular weight excluding hydrogens is 444 g/mol. The van der Waals surface area contributed by atoms with Crippen molar-refractivity contribution in [2.24, 2.45) is 7.05 Å². The Morgan fingerprint density at radius 3 is 2.77 bits per heavy atom. The van der Waals surface area contributed by atoms with Gasteiger partial charge < -0.3 is 20.4 Å². The molecule has 0 saturated carbocycles. The highest BCUT2D eigenvalue weighted by molar-refractivity contribution is 6.04. The Hall–Kier alpha value is -4.73. The van der Waals surface area contributed by atoms with Gasteiger partial charge in [-0.05, 0) is 30.7 Å². The number of aromatic nitrogens is 6. The monoisotopic (exact) mass is 468 g/mol. The number of carbonyl (C=O) groups excluding carboxylic acids is 1. The normalized spacial score (nSPS) is 11.9. The van der Waals surface area contributed by atoms with E-state index in [1.54, 1.807) is 29.2 Å². The van der Waals surface area contributed by atoms with Crippen LogP contribution in [-0.4, -0.2) is 42.7 Å². The number of amides is 1. The molecule has 10 nitrogen and oxygen atoms in total. The van der Waals surface area contributed by atoms with Gasteiger partial charge in [0.05, 0.1) is 31.1 Å². The van der Waals surface area contributed by atoms with Crippen LogP contribution in [0.25, 0.3) is 22.3 Å². The summed E-state index contributed by atoms with van der Waals surface area (Å²) in [5.74, 6) is 0.857. The maximum atomic E-state index is 12.6. The fourth-order valence-corrected chi connectivity index (χ4v) is 3.77. The quantitative estimate of drug-likeness (QED) is 0.327. The van der Waals surface area contributed by atoms with E-state index in [0.29, 0.717) is 28.6 Å². The Morgan fingerprint density at radius 1 is 1.14 bits per heavy atom. The summed E-state index contributed by atoms with van der Waals surface area (Å²) in [5.41, 5.74) is 5.50. The van der Waals surface area contributed by atoms with E-state index in [9.17, 15) is 4.79 Å². The fourth-order valence-electron chi connectivity index (χ4n) is 3.77. The number of methoxy groups -OCH3 is 1. The van der Waals surface area contributed by atoms with E-state index < -0.39 is 0 Å². The first-order valence-electron chi connectivity index (χ1n) is 11.0. The van der Waals surface area contributed by atoms with Gasteiger partial charge in [0.15, 0.2) is 5.65 Å². The van der Waals surface area contributed by atoms with Crippen molar-refractivity contribution in [1.82, 2.24) is 29.7 Å². The minimum atomic E-state index is -0.246. The lowest BCUT2D eigenvalue weighted by Crippen LogP contribution is -2.13. The first kappa shape index (κ1) is 22.1. The molecule has 0 bridgehead atoms. The first-order valence-corrected chi connectivity index (χ1v) is 11.0. The van der Waals surface area contributed by atoms with Gasteiger partial charge >= 0.3 is 0 Å². The van der Waals surface area contributed by atoms with E-state index in [0.717, 1.165) is 22.2 Å². The number of aryl methyl sites for hydroxylation is 1. The van der Waals surface area contributed by atoms with E-state index in [1.165, 1.54) is 13.3 Å². The lowest BCUT2D eigenvalue weighted by Gasteiger charge is -2.16. The first-order chi connectivity index (χ1) is 17.0. The average Bonchev–Trinajstić information content (AvgIpc) is 3.49. The third kappa shape index (κ3) is 4.67. The molecule has 4 heterocycles. The number of H-pyrrole nitrogens is 1. The molecular formula is C25H24N8O2. The van der Waals surface area contributed by atoms with Gasteiger partial charge in [-0.3, -0.25) is 9.48 Å². The van der Waals surface area contributed by atoms with Gasteiger partial charge in [0.1, 0.15) is 11.3 Å². The standard InChI is InChI=1S/C25H24N8O2/c1-15(16-5-4-6-19(9-16)31-25(34)17-7-8-22(35-3)26-10-17)30-21-13-28-24-23(32-21)20(12-27-24)18-11-29-33(2)14-18/h4-15H,1-3H3,(H,27,28)(H,30,32)(H,31,34)/t15-/m0/s1. The summed E-state index contributed by atoms with van der Waals surface area (Å²) >= 11 is 0. The molecule has 5 rings (SSSR count). The molecule has 0 aliphatic rings. The molecule has 0 aliphatic carbocycles. The molecule has 1 aromatic carbocycles. The molecule has 0 unspecified atom stereocenters. The number of nitrogens with zero attached hydrogens (tertiary/aromatic N) is 5. The van der Waals surface area contributed by atoms with Gasteiger partial charge in [0.25, 0.3) is 5.91 Å². The molecule has 10 heteroatoms. The Labute approximate surface area is 201 Å². The molecule has 3 N–H and O–H groups in total. The zero-order valence-electron chi connectivity index (χ0n) is 19.5. The molecule has 0 spiro atoms. The van der Waals surface area contributed by atoms with Crippen LogP contribution in [0.4, 0.5) is 11.5 Å². The largest absolute Gasteiger partial charge is 0.481 e. The molecule has 1 amide bonds. The maximum absolute atomic E-state index is 12.6. The number of carbonyl (C=O) groups is 1. The van der Waals surface area contributed by atoms with Crippen molar-refractivity contribution in [3.05, 3.63) is 78.5 Å². The topological polar surface area (TPSA) is 123 Å². The minimum Gasteiger partial charge on any atom is -0.481 e. The number of aromatic amines is 1. The lowest BCUT2D eigenvalue weighted by molar-refractivity contribution is 0.102. The number of nitrogens with one attached hydrogen (secondary N) is 3. The summed E-state index contributed by atoms with van der Waals surface area (Å²) < 4.78 is 6.79. The van der Waals surface area contributed by atoms with E-state index >= 15 is 0 Å². The molecule has 0 fully saturated rings. The van der Waals surface area contributed by atoms with Crippen LogP contribution in [0.1, 0.15) is 28.9 Å². The van der Waals surface area contributed by atoms with Crippen LogP contribution >= 0.6 is 0 Å². The Bertz CT molecular complexity index is 1490. The number of benzene rings is 1. The van der Waals surface area contributed by atoms with Gasteiger partial charge in [0, 0.05) is 48.5 Å². The van der Waals surface area contributed by atoms with Crippen molar-refractivity contribution in [3.63, 3.8) is 0 Å². The van der Waals surface area contributed by atoms with Crippen LogP contribution in [-0.2, 0) is 7.05 Å². The predicted molar refractivity (Wildman–Crippen MR) is 133 cm³/mol. The van der Waals surface area contributed by atoms with Crippen molar-refractivity contribution in [2.45, 2.75) is 13.0 Å². The zero-order valence-corrected chi connectivity index (χ0v) is 19.5. The molecule has 4 aromatic heterocycles. The summed E-state index contributed by atoms with van der Waals surface area (Å²) in [7, 11) is 3.41. The summed E-state index contributed by atoms with van der Waals surface area (Å²) in [6.45, 7) is 2.03. The Kier molecular flexibility index (Phi) is 5.84. The second-order valence-corrected chi connectivity index (χ2v) is 8.09. The van der Waals surface area contributed by atoms with Crippen LogP contribution in [0.5, 0.6) is 5.88 Å². The summed E-state index contributed by atoms with van der Waals surface area (Å²) in [6.07, 6.45) is 8.81. The second-order valence-electron chi connectivity index (χ2n) is 8.09. The predicted octanol–water partition coefficient (Wildman–Crippen LogP) is 4.19. The van der Waals surface area contributed by atoms with Gasteiger partial charge in [-0.15, -0.1) is 0 Å². The number of anilines is 2. The molecule has 0 aliphatic heterocycles. The summed E-state index contributed by atoms with van der Waals surface area (Å²) in [5, 5.41) is 10.6. The maximum Gasteiger partial charge on any atom is 0.257 e. The highest BCUT2D eigenvalue weighted by Gasteiger charge is 2.14. The third-order valence-corrected chi connectivity index (χ3v) is 5.61. The summed E-state index contributed by atoms with van der Waals surface area (Å²) in [6, 6.07) is 10.9. The minimum absolute atomic E-state index is 0.0814.